The van der Waals surface area contributed by atoms with Crippen molar-refractivity contribution >= 4 is 11.8 Å². The smallest absolute Gasteiger partial charge is 0.251 e. The summed E-state index contributed by atoms with van der Waals surface area (Å²) in [5.41, 5.74) is 15.5. The van der Waals surface area contributed by atoms with Crippen LogP contribution in [-0.2, 0) is 16.6 Å². The summed E-state index contributed by atoms with van der Waals surface area (Å²) in [5.74, 6) is 0.0166. The van der Waals surface area contributed by atoms with Gasteiger partial charge in [-0.2, -0.15) is 5.43 Å². The Balaban J connectivity index is 1.86. The van der Waals surface area contributed by atoms with Crippen molar-refractivity contribution in [3.63, 3.8) is 0 Å². The second-order valence-corrected chi connectivity index (χ2v) is 9.40. The molecule has 0 bridgehead atoms. The molecule has 1 heterocycles. The Morgan fingerprint density at radius 2 is 2.00 bits per heavy atom. The first-order valence-electron chi connectivity index (χ1n) is 12.2. The highest BCUT2D eigenvalue weighted by atomic mass is 16.2. The minimum absolute atomic E-state index is 0.0459. The van der Waals surface area contributed by atoms with Gasteiger partial charge in [0, 0.05) is 35.7 Å². The zero-order chi connectivity index (χ0) is 24.3. The molecular formula is C25H35N7O2. The first-order chi connectivity index (χ1) is 16.4. The van der Waals surface area contributed by atoms with Crippen molar-refractivity contribution in [3.8, 4) is 0 Å². The van der Waals surface area contributed by atoms with Gasteiger partial charge in [0.05, 0.1) is 0 Å². The van der Waals surface area contributed by atoms with Gasteiger partial charge in [-0.3, -0.25) is 9.59 Å². The zero-order valence-electron chi connectivity index (χ0n) is 20.1. The predicted octanol–water partition coefficient (Wildman–Crippen LogP) is 2.02. The van der Waals surface area contributed by atoms with Crippen LogP contribution >= 0.6 is 0 Å². The fourth-order valence-corrected chi connectivity index (χ4v) is 5.79. The third kappa shape index (κ3) is 4.37. The molecule has 34 heavy (non-hydrogen) atoms. The van der Waals surface area contributed by atoms with Crippen LogP contribution in [0.5, 0.6) is 0 Å². The summed E-state index contributed by atoms with van der Waals surface area (Å²) in [6.07, 6.45) is 8.13. The molecule has 0 saturated carbocycles. The predicted molar refractivity (Wildman–Crippen MR) is 131 cm³/mol. The number of rotatable bonds is 7. The van der Waals surface area contributed by atoms with E-state index >= 15 is 0 Å². The van der Waals surface area contributed by atoms with Crippen LogP contribution in [0.4, 0.5) is 0 Å². The normalized spacial score (nSPS) is 28.1. The molecule has 4 unspecified atom stereocenters. The zero-order valence-corrected chi connectivity index (χ0v) is 20.1. The van der Waals surface area contributed by atoms with E-state index in [1.54, 1.807) is 0 Å². The first-order valence-corrected chi connectivity index (χ1v) is 12.2. The average Bonchev–Trinajstić information content (AvgIpc) is 3.33. The molecule has 1 aromatic rings. The van der Waals surface area contributed by atoms with E-state index in [0.717, 1.165) is 24.0 Å². The van der Waals surface area contributed by atoms with E-state index in [2.05, 4.69) is 50.2 Å². The maximum atomic E-state index is 12.6. The maximum Gasteiger partial charge on any atom is 0.251 e. The highest BCUT2D eigenvalue weighted by Gasteiger charge is 2.53. The van der Waals surface area contributed by atoms with Crippen LogP contribution in [0.15, 0.2) is 52.3 Å². The highest BCUT2D eigenvalue weighted by molar-refractivity contribution is 5.96. The molecular weight excluding hydrogens is 430 g/mol. The van der Waals surface area contributed by atoms with Crippen molar-refractivity contribution in [3.05, 3.63) is 58.7 Å². The second kappa shape index (κ2) is 10.1. The number of nitrogens with zero attached hydrogens (tertiary/aromatic N) is 2. The lowest BCUT2D eigenvalue weighted by molar-refractivity contribution is -0.117. The number of carbonyl (C=O) groups excluding carboxylic acids is 2. The maximum absolute atomic E-state index is 12.6. The van der Waals surface area contributed by atoms with Gasteiger partial charge in [0.2, 0.25) is 0 Å². The Labute approximate surface area is 200 Å². The molecule has 2 amide bonds. The van der Waals surface area contributed by atoms with Gasteiger partial charge >= 0.3 is 0 Å². The molecule has 1 aliphatic heterocycles. The molecule has 0 saturated heterocycles. The Kier molecular flexibility index (Phi) is 7.13. The van der Waals surface area contributed by atoms with Crippen molar-refractivity contribution in [1.29, 1.82) is 0 Å². The molecule has 9 nitrogen and oxygen atoms in total. The van der Waals surface area contributed by atoms with Gasteiger partial charge in [-0.05, 0) is 75.1 Å². The van der Waals surface area contributed by atoms with E-state index in [4.69, 9.17) is 5.73 Å². The number of allylic oxidation sites excluding steroid dienone is 2. The van der Waals surface area contributed by atoms with Gasteiger partial charge in [0.25, 0.3) is 11.8 Å². The van der Waals surface area contributed by atoms with Crippen molar-refractivity contribution < 1.29 is 9.59 Å². The number of likely N-dealkylation sites (N-methyl/N-ethyl adjacent to an activating group) is 1. The number of hydrogen-bond donors (Lipinski definition) is 5. The van der Waals surface area contributed by atoms with Gasteiger partial charge in [-0.25, -0.2) is 5.53 Å². The largest absolute Gasteiger partial charge is 0.352 e. The third-order valence-corrected chi connectivity index (χ3v) is 7.06. The van der Waals surface area contributed by atoms with Gasteiger partial charge in [-0.15, -0.1) is 5.11 Å². The molecule has 182 valence electrons. The molecule has 0 fully saturated rings. The number of benzene rings is 1. The highest BCUT2D eigenvalue weighted by Crippen LogP contribution is 2.51. The van der Waals surface area contributed by atoms with Crippen molar-refractivity contribution in [1.82, 2.24) is 21.6 Å². The van der Waals surface area contributed by atoms with Gasteiger partial charge in [0.15, 0.2) is 6.17 Å². The van der Waals surface area contributed by atoms with Crippen LogP contribution < -0.4 is 27.3 Å². The van der Waals surface area contributed by atoms with Crippen LogP contribution in [0.25, 0.3) is 0 Å². The minimum atomic E-state index is -0.517. The van der Waals surface area contributed by atoms with E-state index in [9.17, 15) is 9.59 Å². The SMILES string of the molecule is CCNC(=O)C1=CC2CCc3cc(C(=O)NCC)ccc3C(C[C@H](C)N)(C3N=NNN3)C2C=C1. The third-order valence-electron chi connectivity index (χ3n) is 7.06. The van der Waals surface area contributed by atoms with Gasteiger partial charge in [0.1, 0.15) is 0 Å². The Hall–Kier alpha value is -3.04. The lowest BCUT2D eigenvalue weighted by Gasteiger charge is -2.46. The quantitative estimate of drug-likeness (QED) is 0.420. The van der Waals surface area contributed by atoms with Gasteiger partial charge in [-0.1, -0.05) is 29.5 Å². The summed E-state index contributed by atoms with van der Waals surface area (Å²) in [4.78, 5) is 25.2. The van der Waals surface area contributed by atoms with Crippen LogP contribution in [0.2, 0.25) is 0 Å². The number of hydrazine groups is 1. The number of aryl methyl sites for hydroxylation is 1. The number of nitrogens with two attached hydrogens (primary N) is 1. The molecule has 9 heteroatoms. The Morgan fingerprint density at radius 1 is 1.24 bits per heavy atom. The summed E-state index contributed by atoms with van der Waals surface area (Å²) in [7, 11) is 0. The summed E-state index contributed by atoms with van der Waals surface area (Å²) in [5, 5.41) is 14.3. The monoisotopic (exact) mass is 465 g/mol. The molecule has 0 radical (unpaired) electrons. The molecule has 0 spiro atoms. The van der Waals surface area contributed by atoms with Crippen molar-refractivity contribution in [2.24, 2.45) is 27.9 Å². The number of nitrogens with one attached hydrogen (secondary N) is 4. The van der Waals surface area contributed by atoms with E-state index in [-0.39, 0.29) is 35.9 Å². The topological polar surface area (TPSA) is 133 Å². The number of hydrogen-bond acceptors (Lipinski definition) is 7. The second-order valence-electron chi connectivity index (χ2n) is 9.40. The molecule has 4 rings (SSSR count). The molecule has 3 aliphatic rings. The molecule has 6 N–H and O–H groups in total. The fourth-order valence-electron chi connectivity index (χ4n) is 5.79. The van der Waals surface area contributed by atoms with Crippen LogP contribution in [0.1, 0.15) is 55.1 Å². The number of amides is 2. The van der Waals surface area contributed by atoms with E-state index in [0.29, 0.717) is 30.6 Å². The Morgan fingerprint density at radius 3 is 2.68 bits per heavy atom. The van der Waals surface area contributed by atoms with Crippen LogP contribution in [0, 0.1) is 11.8 Å². The lowest BCUT2D eigenvalue weighted by Crippen LogP contribution is -2.55. The van der Waals surface area contributed by atoms with Crippen molar-refractivity contribution in [2.75, 3.05) is 13.1 Å². The summed E-state index contributed by atoms with van der Waals surface area (Å²) in [6, 6.07) is 5.86. The van der Waals surface area contributed by atoms with E-state index in [1.165, 1.54) is 0 Å². The van der Waals surface area contributed by atoms with E-state index < -0.39 is 5.41 Å². The average molecular weight is 466 g/mol. The van der Waals surface area contributed by atoms with Crippen molar-refractivity contribution in [2.45, 2.75) is 57.7 Å². The number of carbonyl (C=O) groups is 2. The Bertz CT molecular complexity index is 1030. The molecule has 2 aliphatic carbocycles. The lowest BCUT2D eigenvalue weighted by atomic mass is 9.60. The molecule has 5 atom stereocenters. The molecule has 1 aromatic carbocycles. The first kappa shape index (κ1) is 24.1. The van der Waals surface area contributed by atoms with Crippen LogP contribution in [-0.4, -0.2) is 37.1 Å². The van der Waals surface area contributed by atoms with Gasteiger partial charge < -0.3 is 16.4 Å². The standard InChI is InChI=1S/C25H35N7O2/c1-4-27-22(33)18-8-10-20-16(12-18)6-7-17-13-19(23(34)28-5-2)9-11-21(17)25(20,14-15(3)26)24-29-31-32-30-24/h8-13,15-16,20,24H,4-7,14,26H2,1-3H3,(H,27,33)(H,28,34)(H,29,32)(H,30,31)/t15-,16?,20?,25?/m0/s1. The summed E-state index contributed by atoms with van der Waals surface area (Å²) >= 11 is 0. The van der Waals surface area contributed by atoms with E-state index in [1.807, 2.05) is 39.0 Å². The summed E-state index contributed by atoms with van der Waals surface area (Å²) < 4.78 is 0. The fraction of sp³-hybridized carbons (Fsp3) is 0.520. The van der Waals surface area contributed by atoms with Crippen LogP contribution in [0.3, 0.4) is 0 Å². The minimum Gasteiger partial charge on any atom is -0.352 e. The number of fused-ring (bicyclic) bond motifs is 2. The summed E-state index contributed by atoms with van der Waals surface area (Å²) in [6.45, 7) is 6.99. The molecule has 0 aromatic heterocycles.